The van der Waals surface area contributed by atoms with Gasteiger partial charge in [-0.1, -0.05) is 17.7 Å². The van der Waals surface area contributed by atoms with E-state index in [1.807, 2.05) is 16.8 Å². The molecule has 1 aromatic carbocycles. The SMILES string of the molecule is CC1=C(c2ccsc2)C(=O)N(C(C)(C)C(=O)Nc2cccc(Cl)c2)CO1. The summed E-state index contributed by atoms with van der Waals surface area (Å²) in [6.07, 6.45) is 0. The normalized spacial score (nSPS) is 15.1. The van der Waals surface area contributed by atoms with Crippen LogP contribution in [0.5, 0.6) is 0 Å². The fourth-order valence-electron chi connectivity index (χ4n) is 2.70. The van der Waals surface area contributed by atoms with Gasteiger partial charge < -0.3 is 10.1 Å². The second kappa shape index (κ2) is 7.13. The maximum absolute atomic E-state index is 13.1. The number of amides is 2. The molecule has 1 N–H and O–H groups in total. The predicted molar refractivity (Wildman–Crippen MR) is 104 cm³/mol. The van der Waals surface area contributed by atoms with Crippen molar-refractivity contribution >= 4 is 46.0 Å². The number of nitrogens with one attached hydrogen (secondary N) is 1. The summed E-state index contributed by atoms with van der Waals surface area (Å²) in [5.74, 6) is 0.0232. The molecule has 136 valence electrons. The number of thiophene rings is 1. The zero-order valence-electron chi connectivity index (χ0n) is 14.7. The zero-order valence-corrected chi connectivity index (χ0v) is 16.3. The van der Waals surface area contributed by atoms with Gasteiger partial charge in [0.15, 0.2) is 6.73 Å². The lowest BCUT2D eigenvalue weighted by Gasteiger charge is -2.40. The van der Waals surface area contributed by atoms with Crippen molar-refractivity contribution in [2.75, 3.05) is 12.0 Å². The van der Waals surface area contributed by atoms with E-state index in [9.17, 15) is 9.59 Å². The van der Waals surface area contributed by atoms with Crippen LogP contribution in [0.15, 0.2) is 46.9 Å². The van der Waals surface area contributed by atoms with Gasteiger partial charge in [0.2, 0.25) is 5.91 Å². The van der Waals surface area contributed by atoms with E-state index in [2.05, 4.69) is 5.32 Å². The number of hydrogen-bond acceptors (Lipinski definition) is 4. The van der Waals surface area contributed by atoms with Crippen molar-refractivity contribution in [1.82, 2.24) is 4.90 Å². The number of nitrogens with zero attached hydrogens (tertiary/aromatic N) is 1. The minimum absolute atomic E-state index is 0.0221. The van der Waals surface area contributed by atoms with Crippen LogP contribution in [0.3, 0.4) is 0 Å². The molecule has 26 heavy (non-hydrogen) atoms. The molecule has 0 radical (unpaired) electrons. The molecule has 0 bridgehead atoms. The number of allylic oxidation sites excluding steroid dienone is 1. The van der Waals surface area contributed by atoms with Crippen molar-refractivity contribution in [3.05, 3.63) is 57.4 Å². The van der Waals surface area contributed by atoms with E-state index in [4.69, 9.17) is 16.3 Å². The van der Waals surface area contributed by atoms with E-state index >= 15 is 0 Å². The van der Waals surface area contributed by atoms with Gasteiger partial charge in [0.1, 0.15) is 11.3 Å². The lowest BCUT2D eigenvalue weighted by molar-refractivity contribution is -0.147. The Hall–Kier alpha value is -2.31. The Morgan fingerprint density at radius 2 is 2.12 bits per heavy atom. The Morgan fingerprint density at radius 3 is 2.77 bits per heavy atom. The molecule has 2 aromatic rings. The van der Waals surface area contributed by atoms with Crippen LogP contribution < -0.4 is 5.32 Å². The van der Waals surface area contributed by atoms with Crippen LogP contribution in [0.2, 0.25) is 5.02 Å². The second-order valence-electron chi connectivity index (χ2n) is 6.47. The van der Waals surface area contributed by atoms with Crippen LogP contribution in [-0.4, -0.2) is 29.0 Å². The van der Waals surface area contributed by atoms with Gasteiger partial charge >= 0.3 is 0 Å². The molecule has 0 unspecified atom stereocenters. The average Bonchev–Trinajstić information content (AvgIpc) is 3.08. The molecule has 0 atom stereocenters. The van der Waals surface area contributed by atoms with Crippen molar-refractivity contribution < 1.29 is 14.3 Å². The molecule has 0 spiro atoms. The highest BCUT2D eigenvalue weighted by Gasteiger charge is 2.42. The maximum atomic E-state index is 13.1. The summed E-state index contributed by atoms with van der Waals surface area (Å²) in [6, 6.07) is 8.75. The highest BCUT2D eigenvalue weighted by molar-refractivity contribution is 7.08. The Labute approximate surface area is 161 Å². The van der Waals surface area contributed by atoms with Gasteiger partial charge in [0.25, 0.3) is 5.91 Å². The minimum Gasteiger partial charge on any atom is -0.477 e. The Balaban J connectivity index is 1.85. The summed E-state index contributed by atoms with van der Waals surface area (Å²) in [7, 11) is 0. The summed E-state index contributed by atoms with van der Waals surface area (Å²) in [6.45, 7) is 5.18. The lowest BCUT2D eigenvalue weighted by Crippen LogP contribution is -2.57. The molecule has 2 heterocycles. The molecule has 5 nitrogen and oxygen atoms in total. The number of carbonyl (C=O) groups is 2. The van der Waals surface area contributed by atoms with E-state index < -0.39 is 5.54 Å². The minimum atomic E-state index is -1.11. The summed E-state index contributed by atoms with van der Waals surface area (Å²) in [5.41, 5.74) is 0.751. The van der Waals surface area contributed by atoms with Crippen LogP contribution in [0, 0.1) is 0 Å². The number of benzene rings is 1. The van der Waals surface area contributed by atoms with Gasteiger partial charge in [-0.3, -0.25) is 14.5 Å². The number of ether oxygens (including phenoxy) is 1. The molecule has 1 aromatic heterocycles. The Bertz CT molecular complexity index is 875. The van der Waals surface area contributed by atoms with E-state index in [0.29, 0.717) is 22.0 Å². The van der Waals surface area contributed by atoms with Crippen molar-refractivity contribution in [3.8, 4) is 0 Å². The van der Waals surface area contributed by atoms with Crippen molar-refractivity contribution in [3.63, 3.8) is 0 Å². The first-order valence-corrected chi connectivity index (χ1v) is 9.38. The fraction of sp³-hybridized carbons (Fsp3) is 0.263. The highest BCUT2D eigenvalue weighted by Crippen LogP contribution is 2.32. The van der Waals surface area contributed by atoms with Crippen molar-refractivity contribution in [2.45, 2.75) is 26.3 Å². The molecule has 0 saturated carbocycles. The maximum Gasteiger partial charge on any atom is 0.261 e. The first-order chi connectivity index (χ1) is 12.3. The van der Waals surface area contributed by atoms with Crippen molar-refractivity contribution in [1.29, 1.82) is 0 Å². The largest absolute Gasteiger partial charge is 0.477 e. The topological polar surface area (TPSA) is 58.6 Å². The highest BCUT2D eigenvalue weighted by atomic mass is 35.5. The molecule has 2 amide bonds. The molecule has 0 aliphatic carbocycles. The molecule has 0 fully saturated rings. The van der Waals surface area contributed by atoms with Crippen LogP contribution in [0.4, 0.5) is 5.69 Å². The van der Waals surface area contributed by atoms with Gasteiger partial charge in [0, 0.05) is 16.3 Å². The molecule has 1 aliphatic heterocycles. The predicted octanol–water partition coefficient (Wildman–Crippen LogP) is 4.37. The first kappa shape index (κ1) is 18.5. The number of anilines is 1. The standard InChI is InChI=1S/C19H19ClN2O3S/c1-12-16(13-7-8-26-10-13)17(23)22(11-25-12)19(2,3)18(24)21-15-6-4-5-14(20)9-15/h4-10H,11H2,1-3H3,(H,21,24). The molecule has 1 aliphatic rings. The Kier molecular flexibility index (Phi) is 5.07. The van der Waals surface area contributed by atoms with Crippen LogP contribution in [0.1, 0.15) is 26.3 Å². The third-order valence-corrected chi connectivity index (χ3v) is 5.26. The van der Waals surface area contributed by atoms with E-state index in [1.54, 1.807) is 45.0 Å². The summed E-state index contributed by atoms with van der Waals surface area (Å²) in [5, 5.41) is 7.13. The Morgan fingerprint density at radius 1 is 1.35 bits per heavy atom. The molecule has 7 heteroatoms. The van der Waals surface area contributed by atoms with Crippen LogP contribution >= 0.6 is 22.9 Å². The number of carbonyl (C=O) groups excluding carboxylic acids is 2. The average molecular weight is 391 g/mol. The number of hydrogen-bond donors (Lipinski definition) is 1. The third kappa shape index (κ3) is 3.48. The van der Waals surface area contributed by atoms with Gasteiger partial charge in [-0.2, -0.15) is 11.3 Å². The molecular formula is C19H19ClN2O3S. The van der Waals surface area contributed by atoms with Crippen LogP contribution in [0.25, 0.3) is 5.57 Å². The van der Waals surface area contributed by atoms with Crippen molar-refractivity contribution in [2.24, 2.45) is 0 Å². The second-order valence-corrected chi connectivity index (χ2v) is 7.69. The number of rotatable bonds is 4. The van der Waals surface area contributed by atoms with Gasteiger partial charge in [-0.25, -0.2) is 0 Å². The van der Waals surface area contributed by atoms with Gasteiger partial charge in [0.05, 0.1) is 5.57 Å². The van der Waals surface area contributed by atoms with Gasteiger partial charge in [-0.05, 0) is 55.8 Å². The monoisotopic (exact) mass is 390 g/mol. The summed E-state index contributed by atoms with van der Waals surface area (Å²) in [4.78, 5) is 27.4. The molecular weight excluding hydrogens is 372 g/mol. The fourth-order valence-corrected chi connectivity index (χ4v) is 3.54. The van der Waals surface area contributed by atoms with Gasteiger partial charge in [-0.15, -0.1) is 0 Å². The molecule has 3 rings (SSSR count). The zero-order chi connectivity index (χ0) is 18.9. The van der Waals surface area contributed by atoms with Crippen LogP contribution in [-0.2, 0) is 14.3 Å². The van der Waals surface area contributed by atoms with E-state index in [0.717, 1.165) is 5.56 Å². The quantitative estimate of drug-likeness (QED) is 0.843. The first-order valence-electron chi connectivity index (χ1n) is 8.06. The lowest BCUT2D eigenvalue weighted by atomic mass is 9.97. The smallest absolute Gasteiger partial charge is 0.261 e. The summed E-state index contributed by atoms with van der Waals surface area (Å²) >= 11 is 7.47. The third-order valence-electron chi connectivity index (χ3n) is 4.34. The van der Waals surface area contributed by atoms with E-state index in [-0.39, 0.29) is 18.5 Å². The van der Waals surface area contributed by atoms with E-state index in [1.165, 1.54) is 16.2 Å². The molecule has 0 saturated heterocycles. The summed E-state index contributed by atoms with van der Waals surface area (Å²) < 4.78 is 5.69. The number of halogens is 1.